The van der Waals surface area contributed by atoms with Gasteiger partial charge in [-0.25, -0.2) is 0 Å². The Morgan fingerprint density at radius 2 is 2.06 bits per heavy atom. The van der Waals surface area contributed by atoms with Gasteiger partial charge in [0.25, 0.3) is 0 Å². The molecule has 0 amide bonds. The molecule has 18 heavy (non-hydrogen) atoms. The van der Waals surface area contributed by atoms with Crippen molar-refractivity contribution in [2.75, 3.05) is 0 Å². The second-order valence-corrected chi connectivity index (χ2v) is 6.90. The van der Waals surface area contributed by atoms with Gasteiger partial charge in [0.2, 0.25) is 0 Å². The molecule has 0 fully saturated rings. The highest BCUT2D eigenvalue weighted by atomic mass is 79.9. The van der Waals surface area contributed by atoms with Crippen LogP contribution in [0.15, 0.2) is 38.9 Å². The van der Waals surface area contributed by atoms with E-state index < -0.39 is 0 Å². The molecule has 0 aromatic heterocycles. The third-order valence-electron chi connectivity index (χ3n) is 3.54. The van der Waals surface area contributed by atoms with Gasteiger partial charge < -0.3 is 5.32 Å². The molecule has 1 nitrogen and oxygen atoms in total. The first kappa shape index (κ1) is 12.8. The molecule has 2 aliphatic rings. The summed E-state index contributed by atoms with van der Waals surface area (Å²) in [6, 6.07) is 4.50. The predicted molar refractivity (Wildman–Crippen MR) is 83.2 cm³/mol. The largest absolute Gasteiger partial charge is 0.383 e. The van der Waals surface area contributed by atoms with E-state index in [0.29, 0.717) is 6.04 Å². The normalized spacial score (nSPS) is 22.1. The number of nitrogens with one attached hydrogen (secondary N) is 1. The lowest BCUT2D eigenvalue weighted by atomic mass is 9.98. The van der Waals surface area contributed by atoms with Crippen LogP contribution in [0.3, 0.4) is 0 Å². The number of benzene rings is 1. The van der Waals surface area contributed by atoms with Crippen LogP contribution in [0, 0.1) is 0 Å². The summed E-state index contributed by atoms with van der Waals surface area (Å²) >= 11 is 13.3. The molecule has 0 radical (unpaired) electrons. The molecular formula is C14H12Br2ClN. The van der Waals surface area contributed by atoms with Gasteiger partial charge in [0.1, 0.15) is 0 Å². The summed E-state index contributed by atoms with van der Waals surface area (Å²) in [4.78, 5) is 0. The summed E-state index contributed by atoms with van der Waals surface area (Å²) in [6.45, 7) is 0. The Kier molecular flexibility index (Phi) is 3.57. The van der Waals surface area contributed by atoms with E-state index in [1.165, 1.54) is 16.7 Å². The fraction of sp³-hybridized carbons (Fsp3) is 0.286. The first-order valence-electron chi connectivity index (χ1n) is 5.92. The van der Waals surface area contributed by atoms with E-state index in [9.17, 15) is 0 Å². The lowest BCUT2D eigenvalue weighted by molar-refractivity contribution is 0.639. The monoisotopic (exact) mass is 387 g/mol. The van der Waals surface area contributed by atoms with E-state index in [0.717, 1.165) is 33.2 Å². The van der Waals surface area contributed by atoms with Gasteiger partial charge in [0, 0.05) is 20.2 Å². The highest BCUT2D eigenvalue weighted by Gasteiger charge is 2.24. The van der Waals surface area contributed by atoms with Crippen LogP contribution in [0.25, 0.3) is 0 Å². The van der Waals surface area contributed by atoms with Gasteiger partial charge in [-0.3, -0.25) is 0 Å². The van der Waals surface area contributed by atoms with Gasteiger partial charge in [-0.15, -0.1) is 0 Å². The smallest absolute Gasteiger partial charge is 0.0513 e. The summed E-state index contributed by atoms with van der Waals surface area (Å²) in [7, 11) is 0. The molecule has 1 unspecified atom stereocenters. The molecule has 94 valence electrons. The minimum Gasteiger partial charge on any atom is -0.383 e. The van der Waals surface area contributed by atoms with Crippen molar-refractivity contribution in [2.24, 2.45) is 0 Å². The van der Waals surface area contributed by atoms with E-state index >= 15 is 0 Å². The lowest BCUT2D eigenvalue weighted by Gasteiger charge is -2.23. The first-order chi connectivity index (χ1) is 8.63. The SMILES string of the molecule is Clc1cc(Br)c2c(c1)CCC1=CC(Br)=CNC1C2. The molecule has 1 atom stereocenters. The molecule has 3 rings (SSSR count). The van der Waals surface area contributed by atoms with Crippen molar-refractivity contribution in [1.82, 2.24) is 5.32 Å². The summed E-state index contributed by atoms with van der Waals surface area (Å²) in [6.07, 6.45) is 7.42. The van der Waals surface area contributed by atoms with Crippen LogP contribution in [-0.4, -0.2) is 6.04 Å². The number of fused-ring (bicyclic) bond motifs is 2. The van der Waals surface area contributed by atoms with Crippen molar-refractivity contribution in [3.8, 4) is 0 Å². The minimum atomic E-state index is 0.407. The highest BCUT2D eigenvalue weighted by molar-refractivity contribution is 9.12. The molecule has 4 heteroatoms. The molecular weight excluding hydrogens is 377 g/mol. The lowest BCUT2D eigenvalue weighted by Crippen LogP contribution is -2.30. The number of aryl methyl sites for hydroxylation is 1. The first-order valence-corrected chi connectivity index (χ1v) is 7.89. The maximum atomic E-state index is 6.13. The molecule has 1 N–H and O–H groups in total. The summed E-state index contributed by atoms with van der Waals surface area (Å²) in [5.41, 5.74) is 4.21. The second-order valence-electron chi connectivity index (χ2n) is 4.70. The number of hydrogen-bond acceptors (Lipinski definition) is 1. The van der Waals surface area contributed by atoms with Crippen LogP contribution in [0.2, 0.25) is 5.02 Å². The number of hydrogen-bond donors (Lipinski definition) is 1. The van der Waals surface area contributed by atoms with Crippen LogP contribution < -0.4 is 5.32 Å². The average Bonchev–Trinajstić information content (AvgIpc) is 2.49. The quantitative estimate of drug-likeness (QED) is 0.677. The summed E-state index contributed by atoms with van der Waals surface area (Å²) in [5.74, 6) is 0. The average molecular weight is 390 g/mol. The van der Waals surface area contributed by atoms with Gasteiger partial charge in [0.05, 0.1) is 6.04 Å². The third kappa shape index (κ3) is 2.40. The van der Waals surface area contributed by atoms with Crippen molar-refractivity contribution in [2.45, 2.75) is 25.3 Å². The molecule has 1 heterocycles. The molecule has 0 saturated carbocycles. The van der Waals surface area contributed by atoms with Crippen LogP contribution in [0.4, 0.5) is 0 Å². The highest BCUT2D eigenvalue weighted by Crippen LogP contribution is 2.34. The number of dihydropyridines is 1. The Morgan fingerprint density at radius 3 is 2.89 bits per heavy atom. The number of allylic oxidation sites excluding steroid dienone is 2. The molecule has 1 aromatic rings. The second kappa shape index (κ2) is 5.03. The Labute approximate surface area is 129 Å². The maximum absolute atomic E-state index is 6.13. The zero-order chi connectivity index (χ0) is 12.7. The van der Waals surface area contributed by atoms with Crippen LogP contribution in [0.1, 0.15) is 17.5 Å². The van der Waals surface area contributed by atoms with Gasteiger partial charge >= 0.3 is 0 Å². The Morgan fingerprint density at radius 1 is 1.22 bits per heavy atom. The van der Waals surface area contributed by atoms with Crippen molar-refractivity contribution in [3.63, 3.8) is 0 Å². The Hall–Kier alpha value is -0.250. The Balaban J connectivity index is 2.01. The van der Waals surface area contributed by atoms with Crippen molar-refractivity contribution in [3.05, 3.63) is 55.1 Å². The van der Waals surface area contributed by atoms with Crippen LogP contribution in [-0.2, 0) is 12.8 Å². The van der Waals surface area contributed by atoms with E-state index in [2.05, 4.69) is 49.3 Å². The molecule has 0 bridgehead atoms. The van der Waals surface area contributed by atoms with Crippen molar-refractivity contribution < 1.29 is 0 Å². The Bertz CT molecular complexity index is 563. The van der Waals surface area contributed by atoms with Crippen molar-refractivity contribution in [1.29, 1.82) is 0 Å². The molecule has 0 saturated heterocycles. The van der Waals surface area contributed by atoms with Crippen molar-refractivity contribution >= 4 is 43.5 Å². The van der Waals surface area contributed by atoms with Gasteiger partial charge in [-0.2, -0.15) is 0 Å². The third-order valence-corrected chi connectivity index (χ3v) is 4.92. The van der Waals surface area contributed by atoms with E-state index in [1.54, 1.807) is 0 Å². The maximum Gasteiger partial charge on any atom is 0.0513 e. The zero-order valence-corrected chi connectivity index (χ0v) is 13.6. The number of halogens is 3. The summed E-state index contributed by atoms with van der Waals surface area (Å²) in [5, 5.41) is 4.27. The van der Waals surface area contributed by atoms with E-state index in [-0.39, 0.29) is 0 Å². The predicted octanol–water partition coefficient (Wildman–Crippen LogP) is 4.73. The molecule has 1 aliphatic carbocycles. The molecule has 1 aliphatic heterocycles. The molecule has 0 spiro atoms. The van der Waals surface area contributed by atoms with Gasteiger partial charge in [-0.05, 0) is 70.1 Å². The fourth-order valence-electron chi connectivity index (χ4n) is 2.63. The fourth-order valence-corrected chi connectivity index (χ4v) is 4.10. The topological polar surface area (TPSA) is 12.0 Å². The summed E-state index contributed by atoms with van der Waals surface area (Å²) < 4.78 is 2.25. The van der Waals surface area contributed by atoms with Crippen LogP contribution >= 0.6 is 43.5 Å². The minimum absolute atomic E-state index is 0.407. The van der Waals surface area contributed by atoms with E-state index in [4.69, 9.17) is 11.6 Å². The number of rotatable bonds is 0. The molecule has 1 aromatic carbocycles. The van der Waals surface area contributed by atoms with Crippen LogP contribution in [0.5, 0.6) is 0 Å². The van der Waals surface area contributed by atoms with E-state index in [1.807, 2.05) is 12.3 Å². The van der Waals surface area contributed by atoms with Gasteiger partial charge in [-0.1, -0.05) is 27.5 Å². The zero-order valence-electron chi connectivity index (χ0n) is 9.64. The van der Waals surface area contributed by atoms with Gasteiger partial charge in [0.15, 0.2) is 0 Å². The standard InChI is InChI=1S/C14H12Br2ClN/c15-10-3-9-2-1-8-4-11(17)5-13(16)12(8)6-14(9)18-7-10/h3-5,7,14,18H,1-2,6H2.